The summed E-state index contributed by atoms with van der Waals surface area (Å²) in [5.41, 5.74) is -0.00602. The lowest BCUT2D eigenvalue weighted by atomic mass is 10.2. The minimum Gasteiger partial charge on any atom is -0.265 e. The van der Waals surface area contributed by atoms with Crippen LogP contribution < -0.4 is 0 Å². The number of nitriles is 1. The molecule has 0 saturated heterocycles. The van der Waals surface area contributed by atoms with Crippen LogP contribution in [0.2, 0.25) is 0 Å². The maximum atomic E-state index is 8.86. The van der Waals surface area contributed by atoms with Crippen molar-refractivity contribution < 1.29 is 0 Å². The van der Waals surface area contributed by atoms with Crippen molar-refractivity contribution in [1.82, 2.24) is 4.98 Å². The van der Waals surface area contributed by atoms with Gasteiger partial charge in [0.1, 0.15) is 0 Å². The summed E-state index contributed by atoms with van der Waals surface area (Å²) in [6.45, 7) is 0. The van der Waals surface area contributed by atoms with E-state index in [1.807, 2.05) is 12.1 Å². The standard InChI is InChI=1S/C10H10N2S/c11-7-10(3-4-10)8-13-9-1-5-12-6-2-9/h1-2,5-6H,3-4,8H2. The zero-order chi connectivity index (χ0) is 9.15. The topological polar surface area (TPSA) is 36.7 Å². The van der Waals surface area contributed by atoms with Crippen LogP contribution in [0, 0.1) is 16.7 Å². The van der Waals surface area contributed by atoms with Crippen molar-refractivity contribution in [2.75, 3.05) is 5.75 Å². The molecule has 2 nitrogen and oxygen atoms in total. The van der Waals surface area contributed by atoms with Crippen LogP contribution in [0.4, 0.5) is 0 Å². The second-order valence-corrected chi connectivity index (χ2v) is 4.41. The summed E-state index contributed by atoms with van der Waals surface area (Å²) in [5.74, 6) is 0.924. The Kier molecular flexibility index (Phi) is 2.24. The van der Waals surface area contributed by atoms with Gasteiger partial charge in [-0.15, -0.1) is 11.8 Å². The molecule has 0 aliphatic heterocycles. The van der Waals surface area contributed by atoms with Gasteiger partial charge in [-0.2, -0.15) is 5.26 Å². The molecule has 0 aromatic carbocycles. The molecule has 0 unspecified atom stereocenters. The summed E-state index contributed by atoms with van der Waals surface area (Å²) in [7, 11) is 0. The van der Waals surface area contributed by atoms with Gasteiger partial charge in [0.25, 0.3) is 0 Å². The molecule has 3 heteroatoms. The van der Waals surface area contributed by atoms with E-state index in [2.05, 4.69) is 11.1 Å². The molecule has 1 saturated carbocycles. The highest BCUT2D eigenvalue weighted by molar-refractivity contribution is 7.99. The summed E-state index contributed by atoms with van der Waals surface area (Å²) in [5, 5.41) is 8.86. The molecule has 0 radical (unpaired) electrons. The third-order valence-corrected chi connectivity index (χ3v) is 3.56. The number of hydrogen-bond donors (Lipinski definition) is 0. The molecule has 0 atom stereocenters. The second kappa shape index (κ2) is 3.39. The number of hydrogen-bond acceptors (Lipinski definition) is 3. The molecule has 2 rings (SSSR count). The number of pyridine rings is 1. The lowest BCUT2D eigenvalue weighted by Gasteiger charge is -2.03. The van der Waals surface area contributed by atoms with Crippen LogP contribution in [0.25, 0.3) is 0 Å². The third kappa shape index (κ3) is 2.02. The van der Waals surface area contributed by atoms with E-state index in [4.69, 9.17) is 5.26 Å². The summed E-state index contributed by atoms with van der Waals surface area (Å²) >= 11 is 1.75. The molecule has 0 spiro atoms. The molecule has 66 valence electrons. The Balaban J connectivity index is 1.91. The first-order chi connectivity index (χ1) is 6.35. The van der Waals surface area contributed by atoms with E-state index in [0.29, 0.717) is 0 Å². The van der Waals surface area contributed by atoms with Gasteiger partial charge >= 0.3 is 0 Å². The van der Waals surface area contributed by atoms with Gasteiger partial charge in [0.2, 0.25) is 0 Å². The van der Waals surface area contributed by atoms with E-state index in [1.165, 1.54) is 4.90 Å². The van der Waals surface area contributed by atoms with E-state index in [9.17, 15) is 0 Å². The lowest BCUT2D eigenvalue weighted by molar-refractivity contribution is 0.782. The van der Waals surface area contributed by atoms with E-state index in [1.54, 1.807) is 24.2 Å². The largest absolute Gasteiger partial charge is 0.265 e. The van der Waals surface area contributed by atoms with Crippen molar-refractivity contribution in [3.63, 3.8) is 0 Å². The van der Waals surface area contributed by atoms with Gasteiger partial charge in [-0.1, -0.05) is 0 Å². The number of nitrogens with zero attached hydrogens (tertiary/aromatic N) is 2. The van der Waals surface area contributed by atoms with E-state index in [0.717, 1.165) is 18.6 Å². The maximum absolute atomic E-state index is 8.86. The fourth-order valence-electron chi connectivity index (χ4n) is 1.10. The molecule has 1 aromatic heterocycles. The molecular formula is C10H10N2S. The molecule has 0 N–H and O–H groups in total. The molecule has 1 aliphatic rings. The van der Waals surface area contributed by atoms with Crippen LogP contribution in [0.1, 0.15) is 12.8 Å². The first-order valence-corrected chi connectivity index (χ1v) is 5.27. The predicted octanol–water partition coefficient (Wildman–Crippen LogP) is 2.48. The quantitative estimate of drug-likeness (QED) is 0.687. The molecule has 1 aliphatic carbocycles. The number of rotatable bonds is 3. The summed E-state index contributed by atoms with van der Waals surface area (Å²) in [4.78, 5) is 5.15. The Hall–Kier alpha value is -1.01. The van der Waals surface area contributed by atoms with Gasteiger partial charge in [0.05, 0.1) is 11.5 Å². The van der Waals surface area contributed by atoms with Crippen LogP contribution in [0.3, 0.4) is 0 Å². The second-order valence-electron chi connectivity index (χ2n) is 3.36. The number of thioether (sulfide) groups is 1. The average molecular weight is 190 g/mol. The Morgan fingerprint density at radius 2 is 2.15 bits per heavy atom. The summed E-state index contributed by atoms with van der Waals surface area (Å²) < 4.78 is 0. The minimum absolute atomic E-state index is 0.00602. The summed E-state index contributed by atoms with van der Waals surface area (Å²) in [6.07, 6.45) is 5.71. The molecule has 1 heterocycles. The van der Waals surface area contributed by atoms with Crippen LogP contribution in [0.5, 0.6) is 0 Å². The van der Waals surface area contributed by atoms with E-state index in [-0.39, 0.29) is 5.41 Å². The minimum atomic E-state index is -0.00602. The van der Waals surface area contributed by atoms with Crippen molar-refractivity contribution in [3.05, 3.63) is 24.5 Å². The van der Waals surface area contributed by atoms with Gasteiger partial charge in [-0.25, -0.2) is 0 Å². The number of aromatic nitrogens is 1. The van der Waals surface area contributed by atoms with Crippen LogP contribution in [0.15, 0.2) is 29.4 Å². The van der Waals surface area contributed by atoms with Gasteiger partial charge < -0.3 is 0 Å². The first-order valence-electron chi connectivity index (χ1n) is 4.29. The van der Waals surface area contributed by atoms with Gasteiger partial charge in [-0.05, 0) is 25.0 Å². The molecule has 0 bridgehead atoms. The molecule has 13 heavy (non-hydrogen) atoms. The zero-order valence-electron chi connectivity index (χ0n) is 7.23. The van der Waals surface area contributed by atoms with Crippen LogP contribution in [-0.2, 0) is 0 Å². The van der Waals surface area contributed by atoms with Gasteiger partial charge in [0, 0.05) is 23.0 Å². The van der Waals surface area contributed by atoms with Crippen LogP contribution >= 0.6 is 11.8 Å². The van der Waals surface area contributed by atoms with E-state index >= 15 is 0 Å². The van der Waals surface area contributed by atoms with Crippen LogP contribution in [-0.4, -0.2) is 10.7 Å². The van der Waals surface area contributed by atoms with E-state index < -0.39 is 0 Å². The SMILES string of the molecule is N#CC1(CSc2ccncc2)CC1. The molecular weight excluding hydrogens is 180 g/mol. The molecule has 1 fully saturated rings. The highest BCUT2D eigenvalue weighted by atomic mass is 32.2. The van der Waals surface area contributed by atoms with Gasteiger partial charge in [-0.3, -0.25) is 4.98 Å². The fraction of sp³-hybridized carbons (Fsp3) is 0.400. The highest BCUT2D eigenvalue weighted by Crippen LogP contribution is 2.48. The predicted molar refractivity (Wildman–Crippen MR) is 52.2 cm³/mol. The normalized spacial score (nSPS) is 17.8. The fourth-order valence-corrected chi connectivity index (χ4v) is 2.21. The lowest BCUT2D eigenvalue weighted by Crippen LogP contribution is -1.98. The van der Waals surface area contributed by atoms with Crippen molar-refractivity contribution >= 4 is 11.8 Å². The van der Waals surface area contributed by atoms with Gasteiger partial charge in [0.15, 0.2) is 0 Å². The Labute approximate surface area is 82.0 Å². The Morgan fingerprint density at radius 3 is 2.69 bits per heavy atom. The first kappa shape index (κ1) is 8.58. The Morgan fingerprint density at radius 1 is 1.46 bits per heavy atom. The van der Waals surface area contributed by atoms with Crippen molar-refractivity contribution in [2.45, 2.75) is 17.7 Å². The maximum Gasteiger partial charge on any atom is 0.0698 e. The summed E-state index contributed by atoms with van der Waals surface area (Å²) in [6, 6.07) is 6.35. The van der Waals surface area contributed by atoms with Crippen molar-refractivity contribution in [1.29, 1.82) is 5.26 Å². The smallest absolute Gasteiger partial charge is 0.0698 e. The average Bonchev–Trinajstić information content (AvgIpc) is 2.97. The Bertz CT molecular complexity index is 325. The monoisotopic (exact) mass is 190 g/mol. The third-order valence-electron chi connectivity index (χ3n) is 2.26. The molecule has 0 amide bonds. The zero-order valence-corrected chi connectivity index (χ0v) is 8.05. The van der Waals surface area contributed by atoms with Crippen molar-refractivity contribution in [3.8, 4) is 6.07 Å². The van der Waals surface area contributed by atoms with Crippen molar-refractivity contribution in [2.24, 2.45) is 5.41 Å². The highest BCUT2D eigenvalue weighted by Gasteiger charge is 2.42. The molecule has 1 aromatic rings.